The fourth-order valence-corrected chi connectivity index (χ4v) is 3.52. The number of aliphatic hydroxyl groups is 1. The molecule has 0 amide bonds. The van der Waals surface area contributed by atoms with Crippen molar-refractivity contribution in [2.45, 2.75) is 31.9 Å². The number of aliphatic hydroxyl groups excluding tert-OH is 1. The van der Waals surface area contributed by atoms with Crippen LogP contribution in [0.3, 0.4) is 0 Å². The highest BCUT2D eigenvalue weighted by atomic mass is 16.6. The van der Waals surface area contributed by atoms with Gasteiger partial charge in [-0.2, -0.15) is 0 Å². The Kier molecular flexibility index (Phi) is 6.53. The lowest BCUT2D eigenvalue weighted by Crippen LogP contribution is -2.34. The Bertz CT molecular complexity index is 975. The number of pyridine rings is 1. The zero-order chi connectivity index (χ0) is 20.9. The number of hydrogen-bond acceptors (Lipinski definition) is 5. The van der Waals surface area contributed by atoms with Gasteiger partial charge in [0.2, 0.25) is 0 Å². The van der Waals surface area contributed by atoms with Crippen LogP contribution in [0.4, 0.5) is 0 Å². The van der Waals surface area contributed by atoms with Crippen LogP contribution in [0.2, 0.25) is 0 Å². The van der Waals surface area contributed by atoms with Crippen molar-refractivity contribution in [2.75, 3.05) is 33.0 Å². The summed E-state index contributed by atoms with van der Waals surface area (Å²) in [5.41, 5.74) is 2.31. The molecule has 1 saturated heterocycles. The molecule has 6 nitrogen and oxygen atoms in total. The van der Waals surface area contributed by atoms with Crippen LogP contribution in [-0.2, 0) is 9.47 Å². The van der Waals surface area contributed by atoms with E-state index in [1.807, 2.05) is 37.3 Å². The van der Waals surface area contributed by atoms with Crippen LogP contribution in [-0.4, -0.2) is 48.8 Å². The molecule has 158 valence electrons. The minimum Gasteiger partial charge on any atom is -0.491 e. The van der Waals surface area contributed by atoms with E-state index in [4.69, 9.17) is 14.2 Å². The third kappa shape index (κ3) is 5.11. The zero-order valence-electron chi connectivity index (χ0n) is 17.2. The summed E-state index contributed by atoms with van der Waals surface area (Å²) >= 11 is 0. The number of aromatic nitrogens is 1. The third-order valence-electron chi connectivity index (χ3n) is 5.33. The van der Waals surface area contributed by atoms with Crippen molar-refractivity contribution in [3.05, 3.63) is 63.6 Å². The highest BCUT2D eigenvalue weighted by Gasteiger charge is 2.19. The summed E-state index contributed by atoms with van der Waals surface area (Å²) in [6, 6.07) is 10.5. The lowest BCUT2D eigenvalue weighted by molar-refractivity contribution is -0.101. The molecule has 1 aliphatic heterocycles. The molecule has 0 spiro atoms. The molecule has 0 bridgehead atoms. The summed E-state index contributed by atoms with van der Waals surface area (Å²) < 4.78 is 18.3. The summed E-state index contributed by atoms with van der Waals surface area (Å²) in [6.07, 6.45) is 2.26. The first-order chi connectivity index (χ1) is 14.6. The lowest BCUT2D eigenvalue weighted by Gasteiger charge is -2.24. The minimum atomic E-state index is -0.466. The highest BCUT2D eigenvalue weighted by molar-refractivity contribution is 5.38. The molecule has 1 unspecified atom stereocenters. The van der Waals surface area contributed by atoms with Gasteiger partial charge in [-0.3, -0.25) is 4.79 Å². The van der Waals surface area contributed by atoms with Gasteiger partial charge in [0, 0.05) is 23.2 Å². The van der Waals surface area contributed by atoms with E-state index < -0.39 is 6.04 Å². The first kappa shape index (κ1) is 20.7. The molecule has 2 fully saturated rings. The third-order valence-corrected chi connectivity index (χ3v) is 5.33. The van der Waals surface area contributed by atoms with Gasteiger partial charge in [0.05, 0.1) is 32.5 Å². The monoisotopic (exact) mass is 409 g/mol. The first-order valence-electron chi connectivity index (χ1n) is 10.4. The van der Waals surface area contributed by atoms with E-state index in [0.717, 1.165) is 16.8 Å². The predicted octanol–water partition coefficient (Wildman–Crippen LogP) is 2.29. The second-order valence-electron chi connectivity index (χ2n) is 7.78. The Balaban J connectivity index is 1.49. The topological polar surface area (TPSA) is 69.9 Å². The van der Waals surface area contributed by atoms with Crippen molar-refractivity contribution in [1.29, 1.82) is 0 Å². The Morgan fingerprint density at radius 2 is 2.03 bits per heavy atom. The second-order valence-corrected chi connectivity index (χ2v) is 7.78. The maximum Gasteiger partial charge on any atom is 0.255 e. The Hall–Kier alpha value is -2.59. The van der Waals surface area contributed by atoms with E-state index in [1.165, 1.54) is 18.9 Å². The Morgan fingerprint density at radius 1 is 1.23 bits per heavy atom. The normalized spacial score (nSPS) is 19.6. The molecule has 1 aliphatic carbocycles. The molecule has 2 atom stereocenters. The van der Waals surface area contributed by atoms with Crippen molar-refractivity contribution < 1.29 is 19.3 Å². The molecule has 1 aromatic carbocycles. The van der Waals surface area contributed by atoms with Crippen LogP contribution in [0.1, 0.15) is 35.7 Å². The van der Waals surface area contributed by atoms with Crippen LogP contribution < -0.4 is 10.3 Å². The summed E-state index contributed by atoms with van der Waals surface area (Å²) in [5, 5.41) is 10.0. The number of aryl methyl sites for hydroxylation is 1. The molecule has 2 aromatic rings. The number of hydrogen-bond donors (Lipinski definition) is 1. The molecular formula is C24H27NO5. The Labute approximate surface area is 176 Å². The molecule has 2 aliphatic rings. The minimum absolute atomic E-state index is 0.131. The second kappa shape index (κ2) is 9.48. The van der Waals surface area contributed by atoms with Crippen LogP contribution in [0, 0.1) is 24.7 Å². The maximum atomic E-state index is 12.8. The standard InChI is InChI=1S/C24H27NO5/c1-17-12-21(30-16-22-15-28-10-11-29-22)13-24(27)25(17)23(14-26)20-8-6-19(7-9-20)5-4-18-2-3-18/h6-9,12-13,18,22-23,26H,2-3,10-11,14-16H2,1H3/t22?,23-/m0/s1. The van der Waals surface area contributed by atoms with Gasteiger partial charge in [-0.25, -0.2) is 0 Å². The smallest absolute Gasteiger partial charge is 0.255 e. The van der Waals surface area contributed by atoms with E-state index in [1.54, 1.807) is 4.57 Å². The SMILES string of the molecule is Cc1cc(OCC2COCCO2)cc(=O)n1[C@@H](CO)c1ccc(C#CC2CC2)cc1. The van der Waals surface area contributed by atoms with Crippen molar-refractivity contribution >= 4 is 0 Å². The van der Waals surface area contributed by atoms with Gasteiger partial charge in [0.25, 0.3) is 5.56 Å². The van der Waals surface area contributed by atoms with Crippen LogP contribution >= 0.6 is 0 Å². The highest BCUT2D eigenvalue weighted by Crippen LogP contribution is 2.27. The average Bonchev–Trinajstić information content (AvgIpc) is 3.59. The molecule has 1 saturated carbocycles. The molecule has 2 heterocycles. The van der Waals surface area contributed by atoms with E-state index in [-0.39, 0.29) is 18.3 Å². The molecule has 1 aromatic heterocycles. The van der Waals surface area contributed by atoms with E-state index in [9.17, 15) is 9.90 Å². The summed E-state index contributed by atoms with van der Waals surface area (Å²) in [4.78, 5) is 12.8. The van der Waals surface area contributed by atoms with Gasteiger partial charge in [0.15, 0.2) is 0 Å². The van der Waals surface area contributed by atoms with Crippen LogP contribution in [0.5, 0.6) is 5.75 Å². The van der Waals surface area contributed by atoms with Gasteiger partial charge in [0.1, 0.15) is 18.5 Å². The predicted molar refractivity (Wildman–Crippen MR) is 113 cm³/mol. The number of rotatable bonds is 6. The van der Waals surface area contributed by atoms with Gasteiger partial charge in [-0.1, -0.05) is 24.0 Å². The quantitative estimate of drug-likeness (QED) is 0.742. The van der Waals surface area contributed by atoms with Crippen molar-refractivity contribution in [2.24, 2.45) is 5.92 Å². The van der Waals surface area contributed by atoms with Crippen LogP contribution in [0.25, 0.3) is 0 Å². The molecule has 30 heavy (non-hydrogen) atoms. The Morgan fingerprint density at radius 3 is 2.67 bits per heavy atom. The molecule has 0 radical (unpaired) electrons. The van der Waals surface area contributed by atoms with Crippen molar-refractivity contribution in [1.82, 2.24) is 4.57 Å². The summed E-state index contributed by atoms with van der Waals surface area (Å²) in [5.74, 6) is 7.47. The van der Waals surface area contributed by atoms with Gasteiger partial charge >= 0.3 is 0 Å². The molecule has 6 heteroatoms. The largest absolute Gasteiger partial charge is 0.491 e. The molecule has 1 N–H and O–H groups in total. The van der Waals surface area contributed by atoms with Crippen molar-refractivity contribution in [3.63, 3.8) is 0 Å². The molecular weight excluding hydrogens is 382 g/mol. The summed E-state index contributed by atoms with van der Waals surface area (Å²) in [6.45, 7) is 3.63. The van der Waals surface area contributed by atoms with Gasteiger partial charge in [-0.05, 0) is 43.5 Å². The van der Waals surface area contributed by atoms with E-state index in [0.29, 0.717) is 38.1 Å². The first-order valence-corrected chi connectivity index (χ1v) is 10.4. The van der Waals surface area contributed by atoms with Crippen LogP contribution in [0.15, 0.2) is 41.2 Å². The molecule has 4 rings (SSSR count). The van der Waals surface area contributed by atoms with E-state index >= 15 is 0 Å². The number of benzene rings is 1. The van der Waals surface area contributed by atoms with E-state index in [2.05, 4.69) is 11.8 Å². The lowest BCUT2D eigenvalue weighted by atomic mass is 10.0. The fourth-order valence-electron chi connectivity index (χ4n) is 3.52. The number of ether oxygens (including phenoxy) is 3. The van der Waals surface area contributed by atoms with Gasteiger partial charge in [-0.15, -0.1) is 0 Å². The summed E-state index contributed by atoms with van der Waals surface area (Å²) in [7, 11) is 0. The number of nitrogens with zero attached hydrogens (tertiary/aromatic N) is 1. The van der Waals surface area contributed by atoms with Gasteiger partial charge < -0.3 is 23.9 Å². The van der Waals surface area contributed by atoms with Crippen molar-refractivity contribution in [3.8, 4) is 17.6 Å². The average molecular weight is 409 g/mol. The zero-order valence-corrected chi connectivity index (χ0v) is 17.2. The maximum absolute atomic E-state index is 12.8. The fraction of sp³-hybridized carbons (Fsp3) is 0.458.